The van der Waals surface area contributed by atoms with Crippen molar-refractivity contribution in [1.29, 1.82) is 0 Å². The maximum absolute atomic E-state index is 13.4. The number of halogens is 2. The smallest absolute Gasteiger partial charge is 0.332 e. The van der Waals surface area contributed by atoms with Gasteiger partial charge in [-0.3, -0.25) is 4.79 Å². The molecule has 4 aliphatic rings. The molecule has 164 valence electrons. The molecule has 4 fully saturated rings. The Balaban J connectivity index is 1.58. The first kappa shape index (κ1) is 20.6. The van der Waals surface area contributed by atoms with E-state index in [-0.39, 0.29) is 27.8 Å². The summed E-state index contributed by atoms with van der Waals surface area (Å²) >= 11 is 12.5. The van der Waals surface area contributed by atoms with Gasteiger partial charge in [-0.2, -0.15) is 5.10 Å². The highest BCUT2D eigenvalue weighted by Gasteiger charge is 2.51. The molecular formula is C22H24Cl2N4O3. The Hall–Kier alpha value is -2.25. The number of urea groups is 1. The first-order valence-corrected chi connectivity index (χ1v) is 11.3. The van der Waals surface area contributed by atoms with Crippen LogP contribution < -0.4 is 21.8 Å². The van der Waals surface area contributed by atoms with E-state index >= 15 is 0 Å². The number of nitrogens with two attached hydrogens (primary N) is 1. The molecule has 4 N–H and O–H groups in total. The van der Waals surface area contributed by atoms with E-state index in [2.05, 4.69) is 15.8 Å². The quantitative estimate of drug-likeness (QED) is 0.593. The SMILES string of the molecule is Cc1c(C(=O)NC23CC4CC(CC(C4)C2)C3)oc2c(Cl)cc(Cl)cc2/c1=N\NC(N)=O. The van der Waals surface area contributed by atoms with Crippen LogP contribution in [0, 0.1) is 24.7 Å². The van der Waals surface area contributed by atoms with Crippen molar-refractivity contribution in [3.05, 3.63) is 38.9 Å². The second kappa shape index (κ2) is 7.41. The van der Waals surface area contributed by atoms with Crippen molar-refractivity contribution in [2.75, 3.05) is 0 Å². The molecule has 2 aromatic rings. The minimum Gasteiger partial charge on any atom is -0.449 e. The first-order chi connectivity index (χ1) is 14.7. The number of amides is 3. The van der Waals surface area contributed by atoms with Crippen molar-refractivity contribution in [2.45, 2.75) is 51.0 Å². The van der Waals surface area contributed by atoms with E-state index in [1.54, 1.807) is 13.0 Å². The predicted molar refractivity (Wildman–Crippen MR) is 118 cm³/mol. The Kier molecular flexibility index (Phi) is 4.94. The molecule has 6 rings (SSSR count). The molecule has 1 aromatic carbocycles. The molecule has 3 amide bonds. The van der Waals surface area contributed by atoms with Gasteiger partial charge in [-0.15, -0.1) is 0 Å². The van der Waals surface area contributed by atoms with Crippen molar-refractivity contribution in [2.24, 2.45) is 28.6 Å². The zero-order chi connectivity index (χ0) is 21.9. The Bertz CT molecular complexity index is 1140. The minimum atomic E-state index is -0.818. The third-order valence-corrected chi connectivity index (χ3v) is 7.56. The van der Waals surface area contributed by atoms with Gasteiger partial charge in [0.2, 0.25) is 0 Å². The van der Waals surface area contributed by atoms with E-state index < -0.39 is 6.03 Å². The Labute approximate surface area is 189 Å². The Morgan fingerprint density at radius 3 is 2.32 bits per heavy atom. The van der Waals surface area contributed by atoms with Crippen molar-refractivity contribution < 1.29 is 14.0 Å². The van der Waals surface area contributed by atoms with Gasteiger partial charge in [-0.1, -0.05) is 23.2 Å². The van der Waals surface area contributed by atoms with Gasteiger partial charge in [0.25, 0.3) is 5.91 Å². The molecule has 4 saturated carbocycles. The summed E-state index contributed by atoms with van der Waals surface area (Å²) in [5.74, 6) is 1.93. The lowest BCUT2D eigenvalue weighted by molar-refractivity contribution is -0.0171. The normalized spacial score (nSPS) is 29.4. The van der Waals surface area contributed by atoms with Crippen LogP contribution in [0.5, 0.6) is 0 Å². The van der Waals surface area contributed by atoms with E-state index in [0.29, 0.717) is 39.1 Å². The predicted octanol–water partition coefficient (Wildman–Crippen LogP) is 4.23. The summed E-state index contributed by atoms with van der Waals surface area (Å²) in [6.07, 6.45) is 6.92. The lowest BCUT2D eigenvalue weighted by Crippen LogP contribution is -2.60. The van der Waals surface area contributed by atoms with Crippen LogP contribution in [0.3, 0.4) is 0 Å². The molecule has 4 aliphatic carbocycles. The summed E-state index contributed by atoms with van der Waals surface area (Å²) in [5.41, 5.74) is 8.00. The standard InChI is InChI=1S/C22H24Cl2N4O3/c1-10-17(27-28-21(25)30)15-5-14(23)6-16(24)19(15)31-18(10)20(29)26-22-7-11-2-12(8-22)4-13(3-11)9-22/h5-6,11-13H,2-4,7-9H2,1H3,(H,26,29)(H3,25,28,30)/b27-17-. The fraction of sp³-hybridized carbons (Fsp3) is 0.500. The number of nitrogens with zero attached hydrogens (tertiary/aromatic N) is 1. The summed E-state index contributed by atoms with van der Waals surface area (Å²) in [6, 6.07) is 2.35. The maximum Gasteiger partial charge on any atom is 0.332 e. The highest BCUT2D eigenvalue weighted by Crippen LogP contribution is 2.55. The van der Waals surface area contributed by atoms with Gasteiger partial charge in [0.1, 0.15) is 5.36 Å². The highest BCUT2D eigenvalue weighted by molar-refractivity contribution is 6.38. The minimum absolute atomic E-state index is 0.123. The summed E-state index contributed by atoms with van der Waals surface area (Å²) in [7, 11) is 0. The van der Waals surface area contributed by atoms with Crippen molar-refractivity contribution in [1.82, 2.24) is 10.7 Å². The second-order valence-corrected chi connectivity index (χ2v) is 10.3. The van der Waals surface area contributed by atoms with E-state index in [4.69, 9.17) is 33.4 Å². The fourth-order valence-corrected chi connectivity index (χ4v) is 6.89. The zero-order valence-corrected chi connectivity index (χ0v) is 18.6. The number of carbonyl (C=O) groups is 2. The molecule has 31 heavy (non-hydrogen) atoms. The van der Waals surface area contributed by atoms with Crippen molar-refractivity contribution in [3.63, 3.8) is 0 Å². The molecular weight excluding hydrogens is 439 g/mol. The van der Waals surface area contributed by atoms with Crippen molar-refractivity contribution >= 4 is 46.1 Å². The molecule has 0 saturated heterocycles. The van der Waals surface area contributed by atoms with Crippen LogP contribution in [0.2, 0.25) is 10.0 Å². The van der Waals surface area contributed by atoms with Crippen LogP contribution >= 0.6 is 23.2 Å². The van der Waals surface area contributed by atoms with E-state index in [1.165, 1.54) is 25.3 Å². The molecule has 0 atom stereocenters. The summed E-state index contributed by atoms with van der Waals surface area (Å²) in [4.78, 5) is 24.7. The molecule has 4 bridgehead atoms. The van der Waals surface area contributed by atoms with Crippen molar-refractivity contribution in [3.8, 4) is 0 Å². The van der Waals surface area contributed by atoms with Crippen LogP contribution in [0.1, 0.15) is 54.6 Å². The third-order valence-electron chi connectivity index (χ3n) is 7.06. The van der Waals surface area contributed by atoms with Gasteiger partial charge in [-0.05, 0) is 75.3 Å². The lowest BCUT2D eigenvalue weighted by atomic mass is 9.53. The fourth-order valence-electron chi connectivity index (χ4n) is 6.36. The number of fused-ring (bicyclic) bond motifs is 1. The number of rotatable bonds is 3. The number of hydrogen-bond acceptors (Lipinski definition) is 4. The van der Waals surface area contributed by atoms with E-state index in [1.807, 2.05) is 0 Å². The molecule has 0 unspecified atom stereocenters. The Morgan fingerprint density at radius 1 is 1.13 bits per heavy atom. The van der Waals surface area contributed by atoms with Crippen LogP contribution in [-0.2, 0) is 0 Å². The second-order valence-electron chi connectivity index (χ2n) is 9.41. The lowest BCUT2D eigenvalue weighted by Gasteiger charge is -2.56. The number of carbonyl (C=O) groups excluding carboxylic acids is 2. The largest absolute Gasteiger partial charge is 0.449 e. The van der Waals surface area contributed by atoms with Crippen LogP contribution in [-0.4, -0.2) is 17.5 Å². The molecule has 7 nitrogen and oxygen atoms in total. The number of benzene rings is 1. The van der Waals surface area contributed by atoms with Crippen LogP contribution in [0.25, 0.3) is 11.0 Å². The first-order valence-electron chi connectivity index (χ1n) is 10.6. The van der Waals surface area contributed by atoms with E-state index in [0.717, 1.165) is 19.3 Å². The van der Waals surface area contributed by atoms with Gasteiger partial charge in [-0.25, -0.2) is 10.2 Å². The monoisotopic (exact) mass is 462 g/mol. The van der Waals surface area contributed by atoms with Gasteiger partial charge < -0.3 is 15.5 Å². The average Bonchev–Trinajstić information content (AvgIpc) is 2.65. The van der Waals surface area contributed by atoms with Gasteiger partial charge in [0.15, 0.2) is 11.3 Å². The molecule has 0 aliphatic heterocycles. The van der Waals surface area contributed by atoms with Gasteiger partial charge in [0.05, 0.1) is 5.02 Å². The molecule has 9 heteroatoms. The zero-order valence-electron chi connectivity index (χ0n) is 17.1. The van der Waals surface area contributed by atoms with Crippen LogP contribution in [0.4, 0.5) is 4.79 Å². The summed E-state index contributed by atoms with van der Waals surface area (Å²) in [5, 5.41) is 8.87. The van der Waals surface area contributed by atoms with Gasteiger partial charge in [0, 0.05) is 21.5 Å². The highest BCUT2D eigenvalue weighted by atomic mass is 35.5. The van der Waals surface area contributed by atoms with Gasteiger partial charge >= 0.3 is 6.03 Å². The van der Waals surface area contributed by atoms with E-state index in [9.17, 15) is 9.59 Å². The number of nitrogens with one attached hydrogen (secondary N) is 2. The van der Waals surface area contributed by atoms with Crippen LogP contribution in [0.15, 0.2) is 21.7 Å². The molecule has 0 radical (unpaired) electrons. The topological polar surface area (TPSA) is 110 Å². The summed E-state index contributed by atoms with van der Waals surface area (Å²) < 4.78 is 5.99. The molecule has 1 heterocycles. The molecule has 0 spiro atoms. The summed E-state index contributed by atoms with van der Waals surface area (Å²) in [6.45, 7) is 1.72. The average molecular weight is 463 g/mol. The maximum atomic E-state index is 13.4. The Morgan fingerprint density at radius 2 is 1.74 bits per heavy atom. The molecule has 1 aromatic heterocycles. The number of hydrogen-bond donors (Lipinski definition) is 3. The third kappa shape index (κ3) is 3.68. The number of primary amides is 1.